The highest BCUT2D eigenvalue weighted by molar-refractivity contribution is 6.42. The first-order valence-corrected chi connectivity index (χ1v) is 4.51. The Labute approximate surface area is 86.5 Å². The average molecular weight is 199 g/mol. The highest BCUT2D eigenvalue weighted by atomic mass is 16.2. The standard InChI is InChI=1S/C12H9NO2/c13-12(15)11(14)10-6-5-8-3-1-2-4-9(8)7-10/h1-7H,(H2,13,15). The summed E-state index contributed by atoms with van der Waals surface area (Å²) in [5.74, 6) is -1.58. The Balaban J connectivity index is 2.56. The van der Waals surface area contributed by atoms with E-state index in [2.05, 4.69) is 0 Å². The summed E-state index contributed by atoms with van der Waals surface area (Å²) in [6.45, 7) is 0. The lowest BCUT2D eigenvalue weighted by molar-refractivity contribution is -0.114. The molecule has 2 aromatic carbocycles. The largest absolute Gasteiger partial charge is 0.363 e. The van der Waals surface area contributed by atoms with E-state index in [1.807, 2.05) is 24.3 Å². The summed E-state index contributed by atoms with van der Waals surface area (Å²) in [5.41, 5.74) is 5.26. The zero-order valence-corrected chi connectivity index (χ0v) is 7.94. The van der Waals surface area contributed by atoms with Crippen molar-refractivity contribution in [3.8, 4) is 0 Å². The fourth-order valence-corrected chi connectivity index (χ4v) is 1.47. The first-order valence-electron chi connectivity index (χ1n) is 4.51. The molecule has 74 valence electrons. The molecule has 0 saturated heterocycles. The molecular formula is C12H9NO2. The van der Waals surface area contributed by atoms with Gasteiger partial charge in [0, 0.05) is 5.56 Å². The zero-order valence-electron chi connectivity index (χ0n) is 7.94. The maximum atomic E-state index is 11.3. The molecule has 15 heavy (non-hydrogen) atoms. The average Bonchev–Trinajstić information content (AvgIpc) is 2.27. The molecule has 0 aliphatic heterocycles. The Morgan fingerprint density at radius 1 is 0.933 bits per heavy atom. The number of ketones is 1. The molecule has 0 atom stereocenters. The number of carbonyl (C=O) groups is 2. The van der Waals surface area contributed by atoms with E-state index < -0.39 is 11.7 Å². The third-order valence-corrected chi connectivity index (χ3v) is 2.24. The van der Waals surface area contributed by atoms with Crippen molar-refractivity contribution in [3.05, 3.63) is 48.0 Å². The maximum absolute atomic E-state index is 11.3. The van der Waals surface area contributed by atoms with Crippen LogP contribution in [0, 0.1) is 0 Å². The third-order valence-electron chi connectivity index (χ3n) is 2.24. The summed E-state index contributed by atoms with van der Waals surface area (Å²) < 4.78 is 0. The van der Waals surface area contributed by atoms with Crippen LogP contribution in [0.1, 0.15) is 10.4 Å². The molecule has 0 aliphatic rings. The van der Waals surface area contributed by atoms with Gasteiger partial charge < -0.3 is 5.73 Å². The molecule has 1 amide bonds. The molecule has 3 nitrogen and oxygen atoms in total. The molecule has 0 saturated carbocycles. The van der Waals surface area contributed by atoms with Gasteiger partial charge in [0.05, 0.1) is 0 Å². The fraction of sp³-hybridized carbons (Fsp3) is 0. The minimum absolute atomic E-state index is 0.334. The summed E-state index contributed by atoms with van der Waals surface area (Å²) in [6.07, 6.45) is 0. The fourth-order valence-electron chi connectivity index (χ4n) is 1.47. The second-order valence-electron chi connectivity index (χ2n) is 3.26. The van der Waals surface area contributed by atoms with Gasteiger partial charge in [0.25, 0.3) is 5.91 Å². The molecule has 0 bridgehead atoms. The lowest BCUT2D eigenvalue weighted by Crippen LogP contribution is -2.22. The minimum atomic E-state index is -0.926. The third kappa shape index (κ3) is 1.72. The van der Waals surface area contributed by atoms with Crippen LogP contribution in [0.3, 0.4) is 0 Å². The molecule has 0 radical (unpaired) electrons. The molecule has 2 N–H and O–H groups in total. The molecule has 0 unspecified atom stereocenters. The van der Waals surface area contributed by atoms with E-state index in [9.17, 15) is 9.59 Å². The Kier molecular flexibility index (Phi) is 2.21. The van der Waals surface area contributed by atoms with Crippen LogP contribution < -0.4 is 5.73 Å². The molecular weight excluding hydrogens is 190 g/mol. The van der Waals surface area contributed by atoms with Crippen molar-refractivity contribution in [2.24, 2.45) is 5.73 Å². The van der Waals surface area contributed by atoms with Gasteiger partial charge in [-0.1, -0.05) is 36.4 Å². The molecule has 2 aromatic rings. The van der Waals surface area contributed by atoms with Crippen LogP contribution in [-0.4, -0.2) is 11.7 Å². The van der Waals surface area contributed by atoms with E-state index in [1.54, 1.807) is 18.2 Å². The van der Waals surface area contributed by atoms with Crippen LogP contribution >= 0.6 is 0 Å². The number of primary amides is 1. The maximum Gasteiger partial charge on any atom is 0.289 e. The quantitative estimate of drug-likeness (QED) is 0.588. The van der Waals surface area contributed by atoms with Crippen molar-refractivity contribution in [2.75, 3.05) is 0 Å². The predicted octanol–water partition coefficient (Wildman–Crippen LogP) is 1.51. The zero-order chi connectivity index (χ0) is 10.8. The highest BCUT2D eigenvalue weighted by Crippen LogP contribution is 2.15. The van der Waals surface area contributed by atoms with Crippen LogP contribution in [0.2, 0.25) is 0 Å². The number of amides is 1. The number of carbonyl (C=O) groups excluding carboxylic acids is 2. The van der Waals surface area contributed by atoms with E-state index in [-0.39, 0.29) is 0 Å². The van der Waals surface area contributed by atoms with Gasteiger partial charge in [-0.15, -0.1) is 0 Å². The topological polar surface area (TPSA) is 60.2 Å². The van der Waals surface area contributed by atoms with E-state index in [1.165, 1.54) is 0 Å². The molecule has 0 aromatic heterocycles. The van der Waals surface area contributed by atoms with Gasteiger partial charge in [0.1, 0.15) is 0 Å². The van der Waals surface area contributed by atoms with Gasteiger partial charge in [-0.05, 0) is 16.8 Å². The predicted molar refractivity (Wildman–Crippen MR) is 57.5 cm³/mol. The molecule has 2 rings (SSSR count). The normalized spacial score (nSPS) is 10.1. The monoisotopic (exact) mass is 199 g/mol. The van der Waals surface area contributed by atoms with Crippen molar-refractivity contribution in [3.63, 3.8) is 0 Å². The molecule has 3 heteroatoms. The van der Waals surface area contributed by atoms with Crippen LogP contribution in [0.5, 0.6) is 0 Å². The van der Waals surface area contributed by atoms with Crippen LogP contribution in [0.15, 0.2) is 42.5 Å². The summed E-state index contributed by atoms with van der Waals surface area (Å²) in [6, 6.07) is 12.7. The minimum Gasteiger partial charge on any atom is -0.363 e. The SMILES string of the molecule is NC(=O)C(=O)c1ccc2ccccc2c1. The number of hydrogen-bond donors (Lipinski definition) is 1. The van der Waals surface area contributed by atoms with E-state index in [0.717, 1.165) is 10.8 Å². The van der Waals surface area contributed by atoms with Crippen molar-refractivity contribution < 1.29 is 9.59 Å². The molecule has 0 fully saturated rings. The lowest BCUT2D eigenvalue weighted by Gasteiger charge is -2.00. The Morgan fingerprint density at radius 3 is 2.27 bits per heavy atom. The number of hydrogen-bond acceptors (Lipinski definition) is 2. The van der Waals surface area contributed by atoms with Gasteiger partial charge in [0.2, 0.25) is 5.78 Å². The van der Waals surface area contributed by atoms with Crippen molar-refractivity contribution in [1.29, 1.82) is 0 Å². The first kappa shape index (κ1) is 9.40. The molecule has 0 spiro atoms. The summed E-state index contributed by atoms with van der Waals surface area (Å²) in [7, 11) is 0. The van der Waals surface area contributed by atoms with Crippen LogP contribution in [0.25, 0.3) is 10.8 Å². The van der Waals surface area contributed by atoms with Crippen molar-refractivity contribution >= 4 is 22.5 Å². The van der Waals surface area contributed by atoms with Crippen molar-refractivity contribution in [1.82, 2.24) is 0 Å². The Bertz CT molecular complexity index is 546. The van der Waals surface area contributed by atoms with E-state index in [4.69, 9.17) is 5.73 Å². The van der Waals surface area contributed by atoms with Gasteiger partial charge in [-0.3, -0.25) is 9.59 Å². The Hall–Kier alpha value is -2.16. The van der Waals surface area contributed by atoms with Gasteiger partial charge in [0.15, 0.2) is 0 Å². The summed E-state index contributed by atoms with van der Waals surface area (Å²) >= 11 is 0. The van der Waals surface area contributed by atoms with Crippen LogP contribution in [-0.2, 0) is 4.79 Å². The molecule has 0 aliphatic carbocycles. The summed E-state index contributed by atoms with van der Waals surface area (Å²) in [4.78, 5) is 22.0. The van der Waals surface area contributed by atoms with E-state index >= 15 is 0 Å². The number of rotatable bonds is 2. The van der Waals surface area contributed by atoms with Gasteiger partial charge >= 0.3 is 0 Å². The number of nitrogens with two attached hydrogens (primary N) is 1. The summed E-state index contributed by atoms with van der Waals surface area (Å²) in [5, 5.41) is 1.95. The second kappa shape index (κ2) is 3.53. The Morgan fingerprint density at radius 2 is 1.60 bits per heavy atom. The lowest BCUT2D eigenvalue weighted by atomic mass is 10.0. The molecule has 0 heterocycles. The smallest absolute Gasteiger partial charge is 0.289 e. The van der Waals surface area contributed by atoms with Gasteiger partial charge in [-0.25, -0.2) is 0 Å². The second-order valence-corrected chi connectivity index (χ2v) is 3.26. The van der Waals surface area contributed by atoms with Crippen LogP contribution in [0.4, 0.5) is 0 Å². The number of fused-ring (bicyclic) bond motifs is 1. The number of Topliss-reactive ketones (excluding diaryl/α,β-unsaturated/α-hetero) is 1. The van der Waals surface area contributed by atoms with Crippen molar-refractivity contribution in [2.45, 2.75) is 0 Å². The van der Waals surface area contributed by atoms with Gasteiger partial charge in [-0.2, -0.15) is 0 Å². The first-order chi connectivity index (χ1) is 7.18. The number of benzene rings is 2. The van der Waals surface area contributed by atoms with E-state index in [0.29, 0.717) is 5.56 Å². The highest BCUT2D eigenvalue weighted by Gasteiger charge is 2.11.